The van der Waals surface area contributed by atoms with Crippen LogP contribution < -0.4 is 16.0 Å². The lowest BCUT2D eigenvalue weighted by atomic mass is 10.0. The summed E-state index contributed by atoms with van der Waals surface area (Å²) in [7, 11) is 3.34. The van der Waals surface area contributed by atoms with E-state index in [0.29, 0.717) is 37.6 Å². The molecule has 0 aliphatic carbocycles. The van der Waals surface area contributed by atoms with Crippen molar-refractivity contribution < 1.29 is 54.6 Å². The number of carboxylic acid groups (broad SMARTS) is 5. The van der Waals surface area contributed by atoms with Crippen LogP contribution in [0.4, 0.5) is 0 Å². The predicted octanol–water partition coefficient (Wildman–Crippen LogP) is 0.214. The standard InChI is InChI=1S/C8H13NO5.2C7H15NO2.C5H9NO2/c10-6(8(13)14)4-9-3-1-2-5(9)7(11)12;2*1-5(2)4-6(8-3)7(9)10;7-5(8)4-2-1-3-6-4/h5-6,10H,1-4H2,(H,11,12)(H,13,14);2*5-6,8H,4H2,1-3H3,(H,9,10);4,6H,1-3H2,(H,7,8)/t5-,6-;;;4-/m0..0/s1. The summed E-state index contributed by atoms with van der Waals surface area (Å²) in [4.78, 5) is 53.5. The Kier molecular flexibility index (Phi) is 22.3. The molecule has 2 aliphatic rings. The normalized spacial score (nSPS) is 20.1. The lowest BCUT2D eigenvalue weighted by Crippen LogP contribution is -2.42. The predicted molar refractivity (Wildman–Crippen MR) is 154 cm³/mol. The molecule has 2 unspecified atom stereocenters. The van der Waals surface area contributed by atoms with Gasteiger partial charge in [0.15, 0.2) is 6.10 Å². The van der Waals surface area contributed by atoms with Crippen LogP contribution in [-0.2, 0) is 24.0 Å². The molecule has 0 radical (unpaired) electrons. The van der Waals surface area contributed by atoms with Gasteiger partial charge in [-0.3, -0.25) is 24.1 Å². The van der Waals surface area contributed by atoms with Crippen LogP contribution in [0.3, 0.4) is 0 Å². The average Bonchev–Trinajstić information content (AvgIpc) is 3.59. The Bertz CT molecular complexity index is 792. The number of aliphatic hydroxyl groups excluding tert-OH is 1. The van der Waals surface area contributed by atoms with E-state index in [4.69, 9.17) is 30.6 Å². The van der Waals surface area contributed by atoms with Gasteiger partial charge < -0.3 is 46.6 Å². The summed E-state index contributed by atoms with van der Waals surface area (Å²) in [5.74, 6) is -3.68. The molecule has 0 aromatic carbocycles. The Balaban J connectivity index is 0. The number of rotatable bonds is 13. The third kappa shape index (κ3) is 19.3. The molecule has 2 rings (SSSR count). The fourth-order valence-corrected chi connectivity index (χ4v) is 4.15. The molecule has 0 amide bonds. The Morgan fingerprint density at radius 2 is 1.24 bits per heavy atom. The SMILES string of the molecule is CNC(CC(C)C)C(=O)O.CNC(CC(C)C)C(=O)O.O=C(O)[C@@H](O)CN1CCC[C@H]1C(=O)O.O=C(O)[C@@H]1CCCN1. The van der Waals surface area contributed by atoms with Gasteiger partial charge in [-0.25, -0.2) is 4.79 Å². The molecule has 0 aromatic heterocycles. The molecule has 0 bridgehead atoms. The van der Waals surface area contributed by atoms with Crippen LogP contribution >= 0.6 is 0 Å². The number of likely N-dealkylation sites (N-methyl/N-ethyl adjacent to an activating group) is 2. The second kappa shape index (κ2) is 22.7. The van der Waals surface area contributed by atoms with Crippen LogP contribution in [-0.4, -0.2) is 129 Å². The summed E-state index contributed by atoms with van der Waals surface area (Å²) in [6, 6.07) is -1.70. The van der Waals surface area contributed by atoms with Crippen molar-refractivity contribution in [2.75, 3.05) is 33.7 Å². The van der Waals surface area contributed by atoms with E-state index in [-0.39, 0.29) is 24.7 Å². The van der Waals surface area contributed by atoms with Crippen LogP contribution in [0.2, 0.25) is 0 Å². The highest BCUT2D eigenvalue weighted by Gasteiger charge is 2.32. The maximum Gasteiger partial charge on any atom is 0.333 e. The molecular formula is C27H52N4O11. The van der Waals surface area contributed by atoms with Crippen LogP contribution in [0.1, 0.15) is 66.2 Å². The quantitative estimate of drug-likeness (QED) is 0.136. The molecule has 2 aliphatic heterocycles. The minimum atomic E-state index is -1.50. The molecule has 0 spiro atoms. The summed E-state index contributed by atoms with van der Waals surface area (Å²) in [5, 5.41) is 60.1. The highest BCUT2D eigenvalue weighted by molar-refractivity contribution is 5.75. The first-order valence-corrected chi connectivity index (χ1v) is 14.1. The number of nitrogens with one attached hydrogen (secondary N) is 3. The van der Waals surface area contributed by atoms with E-state index >= 15 is 0 Å². The summed E-state index contributed by atoms with van der Waals surface area (Å²) in [5.41, 5.74) is 0. The molecule has 2 heterocycles. The number of hydrogen-bond donors (Lipinski definition) is 9. The molecule has 246 valence electrons. The topological polar surface area (TPSA) is 246 Å². The molecule has 15 heteroatoms. The van der Waals surface area contributed by atoms with E-state index in [9.17, 15) is 24.0 Å². The van der Waals surface area contributed by atoms with Gasteiger partial charge in [0.05, 0.1) is 0 Å². The lowest BCUT2D eigenvalue weighted by Gasteiger charge is -2.21. The van der Waals surface area contributed by atoms with Crippen molar-refractivity contribution in [3.05, 3.63) is 0 Å². The fraction of sp³-hybridized carbons (Fsp3) is 0.815. The van der Waals surface area contributed by atoms with E-state index in [2.05, 4.69) is 16.0 Å². The van der Waals surface area contributed by atoms with Gasteiger partial charge in [-0.2, -0.15) is 0 Å². The number of nitrogens with zero attached hydrogens (tertiary/aromatic N) is 1. The first kappa shape index (κ1) is 41.3. The number of aliphatic carboxylic acids is 5. The van der Waals surface area contributed by atoms with Gasteiger partial charge in [-0.15, -0.1) is 0 Å². The first-order valence-electron chi connectivity index (χ1n) is 14.1. The number of aliphatic hydroxyl groups is 1. The Morgan fingerprint density at radius 1 is 0.762 bits per heavy atom. The zero-order valence-electron chi connectivity index (χ0n) is 25.6. The minimum absolute atomic E-state index is 0.119. The van der Waals surface area contributed by atoms with E-state index in [1.54, 1.807) is 14.1 Å². The van der Waals surface area contributed by atoms with Gasteiger partial charge in [0.1, 0.15) is 24.2 Å². The van der Waals surface area contributed by atoms with E-state index in [0.717, 1.165) is 25.8 Å². The summed E-state index contributed by atoms with van der Waals surface area (Å²) in [6.45, 7) is 9.30. The van der Waals surface area contributed by atoms with Gasteiger partial charge in [-0.05, 0) is 77.5 Å². The zero-order valence-corrected chi connectivity index (χ0v) is 25.6. The highest BCUT2D eigenvalue weighted by atomic mass is 16.4. The van der Waals surface area contributed by atoms with Crippen LogP contribution in [0.15, 0.2) is 0 Å². The smallest absolute Gasteiger partial charge is 0.333 e. The molecule has 0 aromatic rings. The molecule has 15 nitrogen and oxygen atoms in total. The number of carboxylic acids is 5. The van der Waals surface area contributed by atoms with Crippen LogP contribution in [0.25, 0.3) is 0 Å². The molecule has 2 fully saturated rings. The zero-order chi connectivity index (χ0) is 33.0. The molecule has 0 saturated carbocycles. The maximum absolute atomic E-state index is 10.7. The number of carbonyl (C=O) groups is 5. The van der Waals surface area contributed by atoms with E-state index in [1.165, 1.54) is 4.90 Å². The third-order valence-corrected chi connectivity index (χ3v) is 6.41. The maximum atomic E-state index is 10.7. The highest BCUT2D eigenvalue weighted by Crippen LogP contribution is 2.17. The molecule has 2 saturated heterocycles. The largest absolute Gasteiger partial charge is 0.480 e. The summed E-state index contributed by atoms with van der Waals surface area (Å²) < 4.78 is 0. The van der Waals surface area contributed by atoms with Gasteiger partial charge in [0.25, 0.3) is 0 Å². The second-order valence-corrected chi connectivity index (χ2v) is 11.0. The van der Waals surface area contributed by atoms with E-state index in [1.807, 2.05) is 27.7 Å². The summed E-state index contributed by atoms with van der Waals surface area (Å²) >= 11 is 0. The van der Waals surface area contributed by atoms with Crippen LogP contribution in [0, 0.1) is 11.8 Å². The second-order valence-electron chi connectivity index (χ2n) is 11.0. The molecule has 9 N–H and O–H groups in total. The first-order chi connectivity index (χ1) is 19.5. The monoisotopic (exact) mass is 608 g/mol. The van der Waals surface area contributed by atoms with Gasteiger partial charge >= 0.3 is 29.8 Å². The molecular weight excluding hydrogens is 556 g/mol. The average molecular weight is 609 g/mol. The molecule has 5 atom stereocenters. The van der Waals surface area contributed by atoms with Crippen molar-refractivity contribution in [3.8, 4) is 0 Å². The van der Waals surface area contributed by atoms with Crippen molar-refractivity contribution in [1.29, 1.82) is 0 Å². The minimum Gasteiger partial charge on any atom is -0.480 e. The van der Waals surface area contributed by atoms with Gasteiger partial charge in [0.2, 0.25) is 0 Å². The van der Waals surface area contributed by atoms with Gasteiger partial charge in [0, 0.05) is 6.54 Å². The third-order valence-electron chi connectivity index (χ3n) is 6.41. The Morgan fingerprint density at radius 3 is 1.48 bits per heavy atom. The van der Waals surface area contributed by atoms with E-state index < -0.39 is 42.0 Å². The van der Waals surface area contributed by atoms with Crippen molar-refractivity contribution in [2.24, 2.45) is 11.8 Å². The number of hydrogen-bond acceptors (Lipinski definition) is 10. The van der Waals surface area contributed by atoms with Crippen molar-refractivity contribution in [3.63, 3.8) is 0 Å². The van der Waals surface area contributed by atoms with Crippen molar-refractivity contribution in [1.82, 2.24) is 20.9 Å². The van der Waals surface area contributed by atoms with Gasteiger partial charge in [-0.1, -0.05) is 27.7 Å². The van der Waals surface area contributed by atoms with Crippen LogP contribution in [0.5, 0.6) is 0 Å². The lowest BCUT2D eigenvalue weighted by molar-refractivity contribution is -0.150. The Labute approximate surface area is 247 Å². The Hall–Kier alpha value is -2.85. The number of β-amino-alcohol motifs (C(OH)–C–C–N with tert-alkyl or cyclic N) is 1. The number of likely N-dealkylation sites (tertiary alicyclic amines) is 1. The molecule has 42 heavy (non-hydrogen) atoms. The fourth-order valence-electron chi connectivity index (χ4n) is 4.15. The van der Waals surface area contributed by atoms with Crippen molar-refractivity contribution in [2.45, 2.75) is 96.5 Å². The summed E-state index contributed by atoms with van der Waals surface area (Å²) in [6.07, 6.45) is 2.89. The van der Waals surface area contributed by atoms with Crippen molar-refractivity contribution >= 4 is 29.8 Å².